The molecule has 1 aromatic heterocycles. The van der Waals surface area contributed by atoms with Crippen LogP contribution in [0.15, 0.2) is 66.0 Å². The standard InChI is InChI=1S/C26H29Cl2N3O2S/c1-3-19(2)15-31(26(33)29-25-22(27)12-7-13-23(25)28)18-24(32)30(17-21-11-8-14-34-21)16-20-9-5-4-6-10-20/h4-14,19H,3,15-18H2,1-2H3,(H,29,33). The van der Waals surface area contributed by atoms with Crippen molar-refractivity contribution in [2.75, 3.05) is 18.4 Å². The molecule has 0 saturated carbocycles. The zero-order valence-electron chi connectivity index (χ0n) is 19.3. The Morgan fingerprint density at radius 1 is 0.941 bits per heavy atom. The third-order valence-corrected chi connectivity index (χ3v) is 7.02. The average molecular weight is 519 g/mol. The monoisotopic (exact) mass is 517 g/mol. The number of carbonyl (C=O) groups is 2. The molecule has 0 fully saturated rings. The molecule has 0 aliphatic carbocycles. The molecule has 1 N–H and O–H groups in total. The van der Waals surface area contributed by atoms with Crippen LogP contribution in [0.4, 0.5) is 10.5 Å². The molecule has 1 atom stereocenters. The summed E-state index contributed by atoms with van der Waals surface area (Å²) in [6.07, 6.45) is 0.883. The van der Waals surface area contributed by atoms with E-state index >= 15 is 0 Å². The molecule has 34 heavy (non-hydrogen) atoms. The number of anilines is 1. The predicted molar refractivity (Wildman–Crippen MR) is 142 cm³/mol. The van der Waals surface area contributed by atoms with Crippen molar-refractivity contribution in [3.8, 4) is 0 Å². The molecule has 0 aliphatic rings. The molecule has 3 amide bonds. The van der Waals surface area contributed by atoms with E-state index in [-0.39, 0.29) is 18.4 Å². The Morgan fingerprint density at radius 3 is 2.26 bits per heavy atom. The highest BCUT2D eigenvalue weighted by Crippen LogP contribution is 2.30. The minimum Gasteiger partial charge on any atom is -0.332 e. The predicted octanol–water partition coefficient (Wildman–Crippen LogP) is 7.16. The molecule has 0 spiro atoms. The Hall–Kier alpha value is -2.54. The number of amides is 3. The van der Waals surface area contributed by atoms with E-state index in [0.717, 1.165) is 16.9 Å². The molecule has 180 valence electrons. The van der Waals surface area contributed by atoms with E-state index in [1.807, 2.05) is 47.8 Å². The van der Waals surface area contributed by atoms with Crippen molar-refractivity contribution in [3.63, 3.8) is 0 Å². The molecule has 0 radical (unpaired) electrons. The van der Waals surface area contributed by atoms with E-state index in [1.165, 1.54) is 0 Å². The number of thiophene rings is 1. The lowest BCUT2D eigenvalue weighted by molar-refractivity contribution is -0.133. The number of nitrogens with zero attached hydrogens (tertiary/aromatic N) is 2. The van der Waals surface area contributed by atoms with Crippen LogP contribution in [0.3, 0.4) is 0 Å². The minimum absolute atomic E-state index is 0.0452. The van der Waals surface area contributed by atoms with Crippen LogP contribution in [-0.2, 0) is 17.9 Å². The summed E-state index contributed by atoms with van der Waals surface area (Å²) in [5, 5.41) is 5.49. The van der Waals surface area contributed by atoms with Crippen LogP contribution in [-0.4, -0.2) is 34.8 Å². The van der Waals surface area contributed by atoms with Crippen LogP contribution in [0.5, 0.6) is 0 Å². The molecule has 1 unspecified atom stereocenters. The quantitative estimate of drug-likeness (QED) is 0.310. The number of hydrogen-bond acceptors (Lipinski definition) is 3. The van der Waals surface area contributed by atoms with Gasteiger partial charge in [-0.25, -0.2) is 4.79 Å². The Bertz CT molecular complexity index is 1060. The molecular weight excluding hydrogens is 489 g/mol. The molecule has 3 rings (SSSR count). The highest BCUT2D eigenvalue weighted by atomic mass is 35.5. The van der Waals surface area contributed by atoms with Crippen molar-refractivity contribution in [1.82, 2.24) is 9.80 Å². The summed E-state index contributed by atoms with van der Waals surface area (Å²) in [6, 6.07) is 18.5. The SMILES string of the molecule is CCC(C)CN(CC(=O)N(Cc1ccccc1)Cc1cccs1)C(=O)Nc1c(Cl)cccc1Cl. The number of para-hydroxylation sites is 1. The van der Waals surface area contributed by atoms with Gasteiger partial charge in [0.05, 0.1) is 22.3 Å². The second-order valence-electron chi connectivity index (χ2n) is 8.24. The summed E-state index contributed by atoms with van der Waals surface area (Å²) >= 11 is 14.1. The number of rotatable bonds is 10. The summed E-state index contributed by atoms with van der Waals surface area (Å²) in [7, 11) is 0. The molecule has 0 bridgehead atoms. The summed E-state index contributed by atoms with van der Waals surface area (Å²) in [5.41, 5.74) is 1.38. The summed E-state index contributed by atoms with van der Waals surface area (Å²) in [5.74, 6) is 0.0982. The first-order chi connectivity index (χ1) is 16.4. The minimum atomic E-state index is -0.403. The summed E-state index contributed by atoms with van der Waals surface area (Å²) < 4.78 is 0. The van der Waals surface area contributed by atoms with Crippen molar-refractivity contribution < 1.29 is 9.59 Å². The lowest BCUT2D eigenvalue weighted by Gasteiger charge is -2.29. The fraction of sp³-hybridized carbons (Fsp3) is 0.308. The maximum atomic E-state index is 13.5. The van der Waals surface area contributed by atoms with Crippen LogP contribution in [0.2, 0.25) is 10.0 Å². The first kappa shape index (κ1) is 26.1. The second-order valence-corrected chi connectivity index (χ2v) is 10.1. The van der Waals surface area contributed by atoms with Crippen LogP contribution < -0.4 is 5.32 Å². The van der Waals surface area contributed by atoms with Gasteiger partial charge in [0.15, 0.2) is 0 Å². The van der Waals surface area contributed by atoms with E-state index in [1.54, 1.807) is 39.3 Å². The Labute approximate surface area is 215 Å². The van der Waals surface area contributed by atoms with Crippen molar-refractivity contribution in [3.05, 3.63) is 86.5 Å². The van der Waals surface area contributed by atoms with E-state index in [2.05, 4.69) is 19.2 Å². The topological polar surface area (TPSA) is 52.7 Å². The van der Waals surface area contributed by atoms with Crippen LogP contribution in [0.25, 0.3) is 0 Å². The lowest BCUT2D eigenvalue weighted by Crippen LogP contribution is -2.45. The summed E-state index contributed by atoms with van der Waals surface area (Å²) in [6.45, 7) is 5.46. The van der Waals surface area contributed by atoms with E-state index in [9.17, 15) is 9.59 Å². The molecular formula is C26H29Cl2N3O2S. The number of halogens is 2. The molecule has 0 saturated heterocycles. The molecule has 5 nitrogen and oxygen atoms in total. The molecule has 2 aromatic carbocycles. The average Bonchev–Trinajstić information content (AvgIpc) is 3.34. The third kappa shape index (κ3) is 7.49. The Balaban J connectivity index is 1.80. The van der Waals surface area contributed by atoms with Gasteiger partial charge in [-0.1, -0.05) is 85.9 Å². The van der Waals surface area contributed by atoms with Crippen LogP contribution in [0, 0.1) is 5.92 Å². The number of hydrogen-bond donors (Lipinski definition) is 1. The van der Waals surface area contributed by atoms with Crippen molar-refractivity contribution in [1.29, 1.82) is 0 Å². The number of nitrogens with one attached hydrogen (secondary N) is 1. The van der Waals surface area contributed by atoms with Crippen molar-refractivity contribution in [2.24, 2.45) is 5.92 Å². The van der Waals surface area contributed by atoms with Gasteiger partial charge in [-0.15, -0.1) is 11.3 Å². The zero-order chi connectivity index (χ0) is 24.5. The van der Waals surface area contributed by atoms with Gasteiger partial charge < -0.3 is 15.1 Å². The number of urea groups is 1. The largest absolute Gasteiger partial charge is 0.332 e. The van der Waals surface area contributed by atoms with Gasteiger partial charge in [-0.2, -0.15) is 0 Å². The third-order valence-electron chi connectivity index (χ3n) is 5.53. The zero-order valence-corrected chi connectivity index (χ0v) is 21.7. The maximum Gasteiger partial charge on any atom is 0.322 e. The first-order valence-corrected chi connectivity index (χ1v) is 12.8. The van der Waals surface area contributed by atoms with Crippen LogP contribution in [0.1, 0.15) is 30.7 Å². The number of carbonyl (C=O) groups excluding carboxylic acids is 2. The highest BCUT2D eigenvalue weighted by Gasteiger charge is 2.24. The summed E-state index contributed by atoms with van der Waals surface area (Å²) in [4.78, 5) is 31.2. The highest BCUT2D eigenvalue weighted by molar-refractivity contribution is 7.09. The lowest BCUT2D eigenvalue weighted by atomic mass is 10.1. The second kappa shape index (κ2) is 12.8. The number of benzene rings is 2. The molecule has 0 aliphatic heterocycles. The molecule has 1 heterocycles. The first-order valence-electron chi connectivity index (χ1n) is 11.2. The normalized spacial score (nSPS) is 11.6. The van der Waals surface area contributed by atoms with Crippen LogP contribution >= 0.6 is 34.5 Å². The Kier molecular flexibility index (Phi) is 9.81. The van der Waals surface area contributed by atoms with Gasteiger partial charge in [0.25, 0.3) is 0 Å². The Morgan fingerprint density at radius 2 is 1.65 bits per heavy atom. The van der Waals surface area contributed by atoms with E-state index < -0.39 is 6.03 Å². The van der Waals surface area contributed by atoms with Gasteiger partial charge in [0.2, 0.25) is 5.91 Å². The van der Waals surface area contributed by atoms with Gasteiger partial charge >= 0.3 is 6.03 Å². The smallest absolute Gasteiger partial charge is 0.322 e. The van der Waals surface area contributed by atoms with Gasteiger partial charge in [0, 0.05) is 18.0 Å². The fourth-order valence-corrected chi connectivity index (χ4v) is 4.63. The molecule has 3 aromatic rings. The van der Waals surface area contributed by atoms with Crippen molar-refractivity contribution in [2.45, 2.75) is 33.4 Å². The van der Waals surface area contributed by atoms with Gasteiger partial charge in [-0.3, -0.25) is 4.79 Å². The van der Waals surface area contributed by atoms with Gasteiger partial charge in [-0.05, 0) is 35.1 Å². The van der Waals surface area contributed by atoms with E-state index in [4.69, 9.17) is 23.2 Å². The van der Waals surface area contributed by atoms with E-state index in [0.29, 0.717) is 35.4 Å². The van der Waals surface area contributed by atoms with Gasteiger partial charge in [0.1, 0.15) is 6.54 Å². The van der Waals surface area contributed by atoms with Crippen molar-refractivity contribution >= 4 is 52.2 Å². The maximum absolute atomic E-state index is 13.5. The molecule has 8 heteroatoms. The fourth-order valence-electron chi connectivity index (χ4n) is 3.42.